The first-order valence-electron chi connectivity index (χ1n) is 7.92. The Labute approximate surface area is 136 Å². The molecule has 1 aliphatic rings. The number of carbonyl (C=O) groups excluding carboxylic acids is 1. The average Bonchev–Trinajstić information content (AvgIpc) is 2.61. The third kappa shape index (κ3) is 3.37. The molecule has 0 heterocycles. The van der Waals surface area contributed by atoms with Crippen LogP contribution in [-0.2, 0) is 17.6 Å². The van der Waals surface area contributed by atoms with Crippen molar-refractivity contribution in [3.05, 3.63) is 59.2 Å². The molecule has 0 fully saturated rings. The second kappa shape index (κ2) is 6.84. The highest BCUT2D eigenvalue weighted by atomic mass is 16.5. The number of aliphatic hydroxyl groups excluding tert-OH is 1. The number of carbonyl (C=O) groups is 1. The molecular formula is C19H21NO3. The minimum Gasteiger partial charge on any atom is -0.497 e. The van der Waals surface area contributed by atoms with Gasteiger partial charge in [-0.15, -0.1) is 0 Å². The van der Waals surface area contributed by atoms with Crippen LogP contribution in [-0.4, -0.2) is 18.1 Å². The molecule has 0 aliphatic heterocycles. The summed E-state index contributed by atoms with van der Waals surface area (Å²) in [7, 11) is 1.56. The lowest BCUT2D eigenvalue weighted by atomic mass is 9.90. The summed E-state index contributed by atoms with van der Waals surface area (Å²) in [5, 5.41) is 13.2. The van der Waals surface area contributed by atoms with E-state index in [-0.39, 0.29) is 0 Å². The number of amides is 1. The van der Waals surface area contributed by atoms with E-state index in [1.165, 1.54) is 17.5 Å². The summed E-state index contributed by atoms with van der Waals surface area (Å²) in [6.45, 7) is 0. The number of hydrogen-bond donors (Lipinski definition) is 2. The van der Waals surface area contributed by atoms with Crippen LogP contribution in [0.1, 0.15) is 35.6 Å². The molecule has 1 unspecified atom stereocenters. The van der Waals surface area contributed by atoms with Crippen molar-refractivity contribution in [3.8, 4) is 5.75 Å². The number of anilines is 1. The molecule has 120 valence electrons. The van der Waals surface area contributed by atoms with Crippen LogP contribution in [0.15, 0.2) is 42.5 Å². The third-order valence-electron chi connectivity index (χ3n) is 4.31. The van der Waals surface area contributed by atoms with Gasteiger partial charge in [0.15, 0.2) is 6.10 Å². The molecule has 1 aliphatic carbocycles. The van der Waals surface area contributed by atoms with Crippen molar-refractivity contribution in [1.82, 2.24) is 0 Å². The summed E-state index contributed by atoms with van der Waals surface area (Å²) in [6, 6.07) is 12.9. The van der Waals surface area contributed by atoms with Crippen molar-refractivity contribution < 1.29 is 14.6 Å². The monoisotopic (exact) mass is 311 g/mol. The lowest BCUT2D eigenvalue weighted by molar-refractivity contribution is -0.124. The zero-order valence-electron chi connectivity index (χ0n) is 13.2. The molecule has 1 atom stereocenters. The SMILES string of the molecule is COc1cccc(C(O)C(=O)Nc2cccc3c2CCCC3)c1. The molecule has 0 spiro atoms. The van der Waals surface area contributed by atoms with Gasteiger partial charge in [-0.1, -0.05) is 24.3 Å². The summed E-state index contributed by atoms with van der Waals surface area (Å²) in [6.07, 6.45) is 3.14. The first kappa shape index (κ1) is 15.6. The number of aryl methyl sites for hydroxylation is 1. The van der Waals surface area contributed by atoms with Gasteiger partial charge in [0.05, 0.1) is 7.11 Å². The second-order valence-corrected chi connectivity index (χ2v) is 5.82. The number of methoxy groups -OCH3 is 1. The van der Waals surface area contributed by atoms with E-state index in [2.05, 4.69) is 11.4 Å². The molecule has 4 nitrogen and oxygen atoms in total. The number of aliphatic hydroxyl groups is 1. The smallest absolute Gasteiger partial charge is 0.257 e. The van der Waals surface area contributed by atoms with Crippen LogP contribution in [0.4, 0.5) is 5.69 Å². The van der Waals surface area contributed by atoms with E-state index in [1.807, 2.05) is 12.1 Å². The van der Waals surface area contributed by atoms with Gasteiger partial charge in [0, 0.05) is 5.69 Å². The van der Waals surface area contributed by atoms with E-state index in [4.69, 9.17) is 4.74 Å². The Hall–Kier alpha value is -2.33. The molecule has 0 saturated heterocycles. The van der Waals surface area contributed by atoms with Crippen molar-refractivity contribution in [2.24, 2.45) is 0 Å². The quantitative estimate of drug-likeness (QED) is 0.911. The number of nitrogens with one attached hydrogen (secondary N) is 1. The molecule has 2 aromatic rings. The maximum absolute atomic E-state index is 12.4. The fourth-order valence-electron chi connectivity index (χ4n) is 3.06. The number of ether oxygens (including phenoxy) is 1. The van der Waals surface area contributed by atoms with Crippen LogP contribution in [0.2, 0.25) is 0 Å². The standard InChI is InChI=1S/C19H21NO3/c1-23-15-9-4-8-14(12-15)18(21)19(22)20-17-11-5-7-13-6-2-3-10-16(13)17/h4-5,7-9,11-12,18,21H,2-3,6,10H2,1H3,(H,20,22). The van der Waals surface area contributed by atoms with Crippen LogP contribution < -0.4 is 10.1 Å². The zero-order chi connectivity index (χ0) is 16.2. The van der Waals surface area contributed by atoms with E-state index in [9.17, 15) is 9.90 Å². The highest BCUT2D eigenvalue weighted by molar-refractivity contribution is 5.95. The normalized spacial score (nSPS) is 14.7. The minimum absolute atomic E-state index is 0.419. The lowest BCUT2D eigenvalue weighted by Crippen LogP contribution is -2.22. The molecule has 0 saturated carbocycles. The number of rotatable bonds is 4. The lowest BCUT2D eigenvalue weighted by Gasteiger charge is -2.20. The van der Waals surface area contributed by atoms with Crippen molar-refractivity contribution >= 4 is 11.6 Å². The topological polar surface area (TPSA) is 58.6 Å². The van der Waals surface area contributed by atoms with Crippen LogP contribution in [0.5, 0.6) is 5.75 Å². The zero-order valence-corrected chi connectivity index (χ0v) is 13.2. The molecule has 0 aromatic heterocycles. The fourth-order valence-corrected chi connectivity index (χ4v) is 3.06. The molecule has 3 rings (SSSR count). The van der Waals surface area contributed by atoms with Crippen LogP contribution in [0, 0.1) is 0 Å². The Morgan fingerprint density at radius 3 is 2.78 bits per heavy atom. The Morgan fingerprint density at radius 1 is 1.17 bits per heavy atom. The Kier molecular flexibility index (Phi) is 4.63. The van der Waals surface area contributed by atoms with Gasteiger partial charge in [-0.2, -0.15) is 0 Å². The number of hydrogen-bond acceptors (Lipinski definition) is 3. The molecule has 0 radical (unpaired) electrons. The first-order chi connectivity index (χ1) is 11.2. The minimum atomic E-state index is -1.22. The molecule has 0 bridgehead atoms. The molecule has 2 N–H and O–H groups in total. The summed E-state index contributed by atoms with van der Waals surface area (Å²) in [4.78, 5) is 12.4. The number of fused-ring (bicyclic) bond motifs is 1. The summed E-state index contributed by atoms with van der Waals surface area (Å²) in [5.74, 6) is 0.198. The van der Waals surface area contributed by atoms with Gasteiger partial charge in [-0.25, -0.2) is 0 Å². The highest BCUT2D eigenvalue weighted by Gasteiger charge is 2.20. The largest absolute Gasteiger partial charge is 0.497 e. The van der Waals surface area contributed by atoms with E-state index >= 15 is 0 Å². The van der Waals surface area contributed by atoms with Crippen LogP contribution in [0.3, 0.4) is 0 Å². The highest BCUT2D eigenvalue weighted by Crippen LogP contribution is 2.29. The fraction of sp³-hybridized carbons (Fsp3) is 0.316. The maximum Gasteiger partial charge on any atom is 0.257 e. The molecular weight excluding hydrogens is 290 g/mol. The van der Waals surface area contributed by atoms with E-state index in [1.54, 1.807) is 31.4 Å². The molecule has 4 heteroatoms. The van der Waals surface area contributed by atoms with Gasteiger partial charge in [-0.3, -0.25) is 4.79 Å². The van der Waals surface area contributed by atoms with Gasteiger partial charge >= 0.3 is 0 Å². The van der Waals surface area contributed by atoms with Crippen LogP contribution in [0.25, 0.3) is 0 Å². The Morgan fingerprint density at radius 2 is 1.96 bits per heavy atom. The van der Waals surface area contributed by atoms with Gasteiger partial charge in [-0.05, 0) is 60.6 Å². The predicted molar refractivity (Wildman–Crippen MR) is 89.7 cm³/mol. The van der Waals surface area contributed by atoms with Gasteiger partial charge in [0.25, 0.3) is 5.91 Å². The average molecular weight is 311 g/mol. The van der Waals surface area contributed by atoms with E-state index in [0.717, 1.165) is 24.9 Å². The molecule has 23 heavy (non-hydrogen) atoms. The van der Waals surface area contributed by atoms with Crippen molar-refractivity contribution in [1.29, 1.82) is 0 Å². The van der Waals surface area contributed by atoms with Gasteiger partial charge in [0.1, 0.15) is 5.75 Å². The molecule has 2 aromatic carbocycles. The van der Waals surface area contributed by atoms with Crippen molar-refractivity contribution in [3.63, 3.8) is 0 Å². The first-order valence-corrected chi connectivity index (χ1v) is 7.92. The van der Waals surface area contributed by atoms with Crippen molar-refractivity contribution in [2.75, 3.05) is 12.4 Å². The van der Waals surface area contributed by atoms with E-state index in [0.29, 0.717) is 11.3 Å². The molecule has 1 amide bonds. The third-order valence-corrected chi connectivity index (χ3v) is 4.31. The van der Waals surface area contributed by atoms with Crippen molar-refractivity contribution in [2.45, 2.75) is 31.8 Å². The maximum atomic E-state index is 12.4. The van der Waals surface area contributed by atoms with Gasteiger partial charge < -0.3 is 15.2 Å². The van der Waals surface area contributed by atoms with Crippen LogP contribution >= 0.6 is 0 Å². The Bertz CT molecular complexity index is 712. The summed E-state index contributed by atoms with van der Waals surface area (Å²) < 4.78 is 5.13. The predicted octanol–water partition coefficient (Wildman–Crippen LogP) is 3.25. The summed E-state index contributed by atoms with van der Waals surface area (Å²) in [5.41, 5.74) is 3.83. The number of benzene rings is 2. The summed E-state index contributed by atoms with van der Waals surface area (Å²) >= 11 is 0. The van der Waals surface area contributed by atoms with Gasteiger partial charge in [0.2, 0.25) is 0 Å². The Balaban J connectivity index is 1.79. The second-order valence-electron chi connectivity index (χ2n) is 5.82. The van der Waals surface area contributed by atoms with E-state index < -0.39 is 12.0 Å².